The molecule has 1 aliphatic rings. The maximum Gasteiger partial charge on any atom is 0.418 e. The van der Waals surface area contributed by atoms with Crippen LogP contribution >= 0.6 is 0 Å². The van der Waals surface area contributed by atoms with Crippen LogP contribution in [0.1, 0.15) is 16.1 Å². The first-order valence-corrected chi connectivity index (χ1v) is 9.85. The van der Waals surface area contributed by atoms with Gasteiger partial charge in [0.2, 0.25) is 0 Å². The number of ether oxygens (including phenoxy) is 1. The number of urea groups is 1. The van der Waals surface area contributed by atoms with Gasteiger partial charge in [0.15, 0.2) is 5.76 Å². The lowest BCUT2D eigenvalue weighted by Gasteiger charge is -2.34. The van der Waals surface area contributed by atoms with E-state index in [0.717, 1.165) is 17.5 Å². The third kappa shape index (κ3) is 4.34. The van der Waals surface area contributed by atoms with Gasteiger partial charge < -0.3 is 24.3 Å². The summed E-state index contributed by atoms with van der Waals surface area (Å²) in [6.45, 7) is 0.820. The first-order valence-electron chi connectivity index (χ1n) is 9.85. The summed E-state index contributed by atoms with van der Waals surface area (Å²) >= 11 is 0. The number of halogens is 3. The van der Waals surface area contributed by atoms with E-state index in [9.17, 15) is 22.8 Å². The average molecular weight is 447 g/mol. The Morgan fingerprint density at radius 1 is 1.00 bits per heavy atom. The van der Waals surface area contributed by atoms with Gasteiger partial charge in [-0.05, 0) is 30.3 Å². The zero-order chi connectivity index (χ0) is 22.9. The molecule has 1 saturated heterocycles. The number of furan rings is 1. The number of hydrogen-bond donors (Lipinski definition) is 1. The number of rotatable bonds is 3. The average Bonchev–Trinajstić information content (AvgIpc) is 3.22. The maximum atomic E-state index is 13.4. The fourth-order valence-corrected chi connectivity index (χ4v) is 3.54. The summed E-state index contributed by atoms with van der Waals surface area (Å²) in [5.74, 6) is -0.0547. The molecule has 4 rings (SSSR count). The summed E-state index contributed by atoms with van der Waals surface area (Å²) in [6.07, 6.45) is -4.66. The van der Waals surface area contributed by atoms with Crippen LogP contribution in [0.15, 0.2) is 52.9 Å². The molecule has 0 aliphatic carbocycles. The molecule has 0 atom stereocenters. The number of nitrogens with one attached hydrogen (secondary N) is 1. The van der Waals surface area contributed by atoms with Crippen molar-refractivity contribution in [1.29, 1.82) is 0 Å². The molecule has 0 unspecified atom stereocenters. The third-order valence-electron chi connectivity index (χ3n) is 5.26. The molecule has 2 heterocycles. The first kappa shape index (κ1) is 21.5. The second-order valence-corrected chi connectivity index (χ2v) is 7.27. The number of hydrogen-bond acceptors (Lipinski definition) is 4. The molecule has 0 bridgehead atoms. The summed E-state index contributed by atoms with van der Waals surface area (Å²) in [7, 11) is 1.26. The van der Waals surface area contributed by atoms with Crippen LogP contribution in [-0.4, -0.2) is 55.0 Å². The highest BCUT2D eigenvalue weighted by Gasteiger charge is 2.35. The highest BCUT2D eigenvalue weighted by Crippen LogP contribution is 2.37. The predicted molar refractivity (Wildman–Crippen MR) is 111 cm³/mol. The second kappa shape index (κ2) is 8.45. The molecule has 1 aromatic heterocycles. The number of piperazine rings is 1. The van der Waals surface area contributed by atoms with Crippen molar-refractivity contribution in [3.05, 3.63) is 59.9 Å². The van der Waals surface area contributed by atoms with Gasteiger partial charge >= 0.3 is 12.2 Å². The van der Waals surface area contributed by atoms with Crippen molar-refractivity contribution in [2.24, 2.45) is 0 Å². The number of amides is 3. The molecule has 1 aliphatic heterocycles. The van der Waals surface area contributed by atoms with E-state index in [2.05, 4.69) is 5.32 Å². The monoisotopic (exact) mass is 447 g/mol. The second-order valence-electron chi connectivity index (χ2n) is 7.27. The zero-order valence-electron chi connectivity index (χ0n) is 17.1. The van der Waals surface area contributed by atoms with Gasteiger partial charge in [-0.1, -0.05) is 18.2 Å². The van der Waals surface area contributed by atoms with E-state index in [1.807, 2.05) is 18.2 Å². The summed E-state index contributed by atoms with van der Waals surface area (Å²) < 4.78 is 50.5. The Morgan fingerprint density at radius 3 is 2.34 bits per heavy atom. The summed E-state index contributed by atoms with van der Waals surface area (Å²) in [5, 5.41) is 3.13. The number of nitrogens with zero attached hydrogens (tertiary/aromatic N) is 2. The molecule has 168 valence electrons. The normalized spacial score (nSPS) is 14.5. The lowest BCUT2D eigenvalue weighted by atomic mass is 10.1. The molecular formula is C22H20F3N3O4. The van der Waals surface area contributed by atoms with Gasteiger partial charge in [-0.2, -0.15) is 13.2 Å². The molecule has 1 fully saturated rings. The van der Waals surface area contributed by atoms with E-state index in [0.29, 0.717) is 5.58 Å². The zero-order valence-corrected chi connectivity index (χ0v) is 17.1. The Labute approximate surface area is 181 Å². The molecule has 32 heavy (non-hydrogen) atoms. The number of carbonyl (C=O) groups excluding carboxylic acids is 2. The van der Waals surface area contributed by atoms with Crippen LogP contribution in [0.4, 0.5) is 23.7 Å². The van der Waals surface area contributed by atoms with Crippen molar-refractivity contribution in [1.82, 2.24) is 9.80 Å². The summed E-state index contributed by atoms with van der Waals surface area (Å²) in [5.41, 5.74) is -0.748. The molecule has 1 N–H and O–H groups in total. The van der Waals surface area contributed by atoms with Crippen molar-refractivity contribution >= 4 is 28.6 Å². The molecule has 7 nitrogen and oxygen atoms in total. The maximum absolute atomic E-state index is 13.4. The van der Waals surface area contributed by atoms with Crippen LogP contribution in [-0.2, 0) is 6.18 Å². The van der Waals surface area contributed by atoms with Crippen molar-refractivity contribution in [3.8, 4) is 5.75 Å². The van der Waals surface area contributed by atoms with E-state index in [4.69, 9.17) is 9.15 Å². The Morgan fingerprint density at radius 2 is 1.69 bits per heavy atom. The number of carbonyl (C=O) groups is 2. The predicted octanol–water partition coefficient (Wildman–Crippen LogP) is 4.45. The van der Waals surface area contributed by atoms with E-state index in [1.54, 1.807) is 17.0 Å². The Bertz CT molecular complexity index is 1120. The fourth-order valence-electron chi connectivity index (χ4n) is 3.54. The molecule has 3 amide bonds. The van der Waals surface area contributed by atoms with Gasteiger partial charge in [0, 0.05) is 31.6 Å². The number of fused-ring (bicyclic) bond motifs is 1. The van der Waals surface area contributed by atoms with Crippen LogP contribution in [0, 0.1) is 0 Å². The lowest BCUT2D eigenvalue weighted by molar-refractivity contribution is -0.137. The molecule has 2 aromatic carbocycles. The fraction of sp³-hybridized carbons (Fsp3) is 0.273. The smallest absolute Gasteiger partial charge is 0.418 e. The van der Waals surface area contributed by atoms with Gasteiger partial charge in [-0.25, -0.2) is 4.79 Å². The number of anilines is 1. The minimum Gasteiger partial charge on any atom is -0.497 e. The first-order chi connectivity index (χ1) is 15.3. The van der Waals surface area contributed by atoms with E-state index < -0.39 is 17.8 Å². The van der Waals surface area contributed by atoms with E-state index in [-0.39, 0.29) is 49.3 Å². The van der Waals surface area contributed by atoms with E-state index in [1.165, 1.54) is 18.1 Å². The molecular weight excluding hydrogens is 427 g/mol. The molecule has 0 spiro atoms. The molecule has 10 heteroatoms. The largest absolute Gasteiger partial charge is 0.497 e. The molecule has 0 radical (unpaired) electrons. The van der Waals surface area contributed by atoms with Gasteiger partial charge in [-0.3, -0.25) is 4.79 Å². The Kier molecular flexibility index (Phi) is 5.68. The third-order valence-corrected chi connectivity index (χ3v) is 5.26. The van der Waals surface area contributed by atoms with Gasteiger partial charge in [0.1, 0.15) is 11.3 Å². The van der Waals surface area contributed by atoms with Gasteiger partial charge in [-0.15, -0.1) is 0 Å². The standard InChI is InChI=1S/C22H20F3N3O4/c1-31-15-6-7-17(16(13-15)22(23,24)25)26-21(30)28-10-8-27(9-11-28)20(29)19-12-14-4-2-3-5-18(14)32-19/h2-7,12-13H,8-11H2,1H3,(H,26,30). The van der Waals surface area contributed by atoms with Gasteiger partial charge in [0.05, 0.1) is 18.4 Å². The minimum atomic E-state index is -4.66. The van der Waals surface area contributed by atoms with Crippen molar-refractivity contribution in [2.75, 3.05) is 38.6 Å². The topological polar surface area (TPSA) is 75.0 Å². The van der Waals surface area contributed by atoms with Gasteiger partial charge in [0.25, 0.3) is 5.91 Å². The summed E-state index contributed by atoms with van der Waals surface area (Å²) in [6, 6.07) is 11.6. The van der Waals surface area contributed by atoms with Crippen molar-refractivity contribution in [3.63, 3.8) is 0 Å². The summed E-state index contributed by atoms with van der Waals surface area (Å²) in [4.78, 5) is 28.2. The SMILES string of the molecule is COc1ccc(NC(=O)N2CCN(C(=O)c3cc4ccccc4o3)CC2)c(C(F)(F)F)c1. The minimum absolute atomic E-state index is 0.0352. The van der Waals surface area contributed by atoms with Crippen LogP contribution in [0.5, 0.6) is 5.75 Å². The number of alkyl halides is 3. The lowest BCUT2D eigenvalue weighted by Crippen LogP contribution is -2.51. The molecule has 0 saturated carbocycles. The highest BCUT2D eigenvalue weighted by atomic mass is 19.4. The van der Waals surface area contributed by atoms with Crippen LogP contribution in [0.3, 0.4) is 0 Å². The number of benzene rings is 2. The Hall–Kier alpha value is -3.69. The quantitative estimate of drug-likeness (QED) is 0.644. The Balaban J connectivity index is 1.40. The number of para-hydroxylation sites is 1. The van der Waals surface area contributed by atoms with Crippen LogP contribution in [0.25, 0.3) is 11.0 Å². The van der Waals surface area contributed by atoms with E-state index >= 15 is 0 Å². The van der Waals surface area contributed by atoms with Crippen molar-refractivity contribution < 1.29 is 31.9 Å². The van der Waals surface area contributed by atoms with Crippen LogP contribution < -0.4 is 10.1 Å². The number of methoxy groups -OCH3 is 1. The highest BCUT2D eigenvalue weighted by molar-refractivity contribution is 5.96. The van der Waals surface area contributed by atoms with Crippen molar-refractivity contribution in [2.45, 2.75) is 6.18 Å². The molecule has 3 aromatic rings. The van der Waals surface area contributed by atoms with Crippen LogP contribution in [0.2, 0.25) is 0 Å².